The third-order valence-corrected chi connectivity index (χ3v) is 2.69. The number of carboxylic acid groups (broad SMARTS) is 1. The van der Waals surface area contributed by atoms with Crippen LogP contribution < -0.4 is 0 Å². The molecule has 0 unspecified atom stereocenters. The molecule has 0 bridgehead atoms. The highest BCUT2D eigenvalue weighted by Crippen LogP contribution is 2.18. The third-order valence-electron chi connectivity index (χ3n) is 1.67. The van der Waals surface area contributed by atoms with E-state index in [2.05, 4.69) is 6.92 Å². The zero-order chi connectivity index (χ0) is 11.1. The van der Waals surface area contributed by atoms with E-state index in [-0.39, 0.29) is 0 Å². The number of rotatable bonds is 6. The molecule has 82 valence electrons. The van der Waals surface area contributed by atoms with Crippen molar-refractivity contribution >= 4 is 23.4 Å². The van der Waals surface area contributed by atoms with Gasteiger partial charge >= 0.3 is 5.97 Å². The second-order valence-electron chi connectivity index (χ2n) is 3.03. The van der Waals surface area contributed by atoms with Gasteiger partial charge in [-0.05, 0) is 24.6 Å². The Kier molecular flexibility index (Phi) is 5.07. The number of thiophene rings is 1. The summed E-state index contributed by atoms with van der Waals surface area (Å²) in [5, 5.41) is 8.45. The number of hydrogen-bond donors (Lipinski definition) is 1. The predicted octanol–water partition coefficient (Wildman–Crippen LogP) is 2.77. The predicted molar refractivity (Wildman–Crippen MR) is 60.9 cm³/mol. The van der Waals surface area contributed by atoms with Gasteiger partial charge in [0.25, 0.3) is 0 Å². The molecule has 3 nitrogen and oxygen atoms in total. The molecule has 0 fully saturated rings. The first kappa shape index (κ1) is 11.9. The zero-order valence-electron chi connectivity index (χ0n) is 8.60. The Bertz CT molecular complexity index is 341. The summed E-state index contributed by atoms with van der Waals surface area (Å²) in [4.78, 5) is 12.3. The Hall–Kier alpha value is -1.13. The summed E-state index contributed by atoms with van der Waals surface area (Å²) in [6.07, 6.45) is 3.75. The van der Waals surface area contributed by atoms with Crippen molar-refractivity contribution in [2.75, 3.05) is 6.61 Å². The van der Waals surface area contributed by atoms with Crippen LogP contribution in [0.2, 0.25) is 0 Å². The quantitative estimate of drug-likeness (QED) is 0.599. The van der Waals surface area contributed by atoms with Crippen molar-refractivity contribution in [3.8, 4) is 0 Å². The minimum atomic E-state index is -0.924. The van der Waals surface area contributed by atoms with Gasteiger partial charge < -0.3 is 9.84 Å². The molecule has 0 saturated heterocycles. The van der Waals surface area contributed by atoms with Crippen LogP contribution >= 0.6 is 11.3 Å². The molecule has 1 heterocycles. The summed E-state index contributed by atoms with van der Waals surface area (Å²) in [5.74, 6) is -0.924. The van der Waals surface area contributed by atoms with Crippen molar-refractivity contribution in [3.63, 3.8) is 0 Å². The van der Waals surface area contributed by atoms with Crippen LogP contribution in [-0.2, 0) is 16.1 Å². The van der Waals surface area contributed by atoms with E-state index in [0.717, 1.165) is 28.9 Å². The molecule has 1 aromatic rings. The van der Waals surface area contributed by atoms with Crippen LogP contribution in [-0.4, -0.2) is 17.7 Å². The maximum atomic E-state index is 10.3. The van der Waals surface area contributed by atoms with Crippen molar-refractivity contribution in [2.45, 2.75) is 20.0 Å². The largest absolute Gasteiger partial charge is 0.478 e. The number of ether oxygens (including phenoxy) is 1. The van der Waals surface area contributed by atoms with E-state index < -0.39 is 5.97 Å². The van der Waals surface area contributed by atoms with Gasteiger partial charge in [0.1, 0.15) is 0 Å². The Morgan fingerprint density at radius 3 is 3.07 bits per heavy atom. The van der Waals surface area contributed by atoms with Crippen LogP contribution in [0.5, 0.6) is 0 Å². The fourth-order valence-corrected chi connectivity index (χ4v) is 1.89. The van der Waals surface area contributed by atoms with E-state index in [9.17, 15) is 4.79 Å². The molecule has 4 heteroatoms. The van der Waals surface area contributed by atoms with Crippen molar-refractivity contribution in [1.29, 1.82) is 0 Å². The van der Waals surface area contributed by atoms with E-state index in [0.29, 0.717) is 6.61 Å². The first-order valence-electron chi connectivity index (χ1n) is 4.80. The first-order chi connectivity index (χ1) is 7.22. The molecule has 0 aliphatic rings. The van der Waals surface area contributed by atoms with Crippen LogP contribution in [0.25, 0.3) is 6.08 Å². The lowest BCUT2D eigenvalue weighted by molar-refractivity contribution is -0.131. The SMILES string of the molecule is CCCOCc1ccc(C=CC(=O)O)s1. The van der Waals surface area contributed by atoms with Gasteiger partial charge in [0.2, 0.25) is 0 Å². The van der Waals surface area contributed by atoms with Gasteiger partial charge in [-0.15, -0.1) is 11.3 Å². The third kappa shape index (κ3) is 4.76. The van der Waals surface area contributed by atoms with Crippen molar-refractivity contribution < 1.29 is 14.6 Å². The molecular formula is C11H14O3S. The van der Waals surface area contributed by atoms with Gasteiger partial charge in [0, 0.05) is 22.4 Å². The van der Waals surface area contributed by atoms with Crippen molar-refractivity contribution in [1.82, 2.24) is 0 Å². The number of carboxylic acids is 1. The summed E-state index contributed by atoms with van der Waals surface area (Å²) in [7, 11) is 0. The molecule has 0 aromatic carbocycles. The number of aliphatic carboxylic acids is 1. The lowest BCUT2D eigenvalue weighted by atomic mass is 10.4. The van der Waals surface area contributed by atoms with E-state index in [4.69, 9.17) is 9.84 Å². The normalized spacial score (nSPS) is 11.0. The molecule has 0 atom stereocenters. The fourth-order valence-electron chi connectivity index (χ4n) is 1.03. The van der Waals surface area contributed by atoms with Gasteiger partial charge in [0.15, 0.2) is 0 Å². The van der Waals surface area contributed by atoms with Crippen LogP contribution in [0.4, 0.5) is 0 Å². The molecule has 0 radical (unpaired) electrons. The average molecular weight is 226 g/mol. The molecule has 0 aliphatic heterocycles. The Labute approximate surface area is 93.0 Å². The highest BCUT2D eigenvalue weighted by molar-refractivity contribution is 7.12. The monoisotopic (exact) mass is 226 g/mol. The van der Waals surface area contributed by atoms with Gasteiger partial charge in [-0.25, -0.2) is 4.79 Å². The molecule has 15 heavy (non-hydrogen) atoms. The van der Waals surface area contributed by atoms with E-state index >= 15 is 0 Å². The average Bonchev–Trinajstić information content (AvgIpc) is 2.63. The Morgan fingerprint density at radius 1 is 1.60 bits per heavy atom. The summed E-state index contributed by atoms with van der Waals surface area (Å²) in [6.45, 7) is 3.44. The molecule has 0 aliphatic carbocycles. The highest BCUT2D eigenvalue weighted by Gasteiger charge is 1.98. The molecule has 0 saturated carbocycles. The van der Waals surface area contributed by atoms with Crippen LogP contribution in [0.1, 0.15) is 23.1 Å². The van der Waals surface area contributed by atoms with Gasteiger partial charge in [-0.1, -0.05) is 6.92 Å². The van der Waals surface area contributed by atoms with Crippen LogP contribution in [0.3, 0.4) is 0 Å². The lowest BCUT2D eigenvalue weighted by Gasteiger charge is -1.97. The van der Waals surface area contributed by atoms with Gasteiger partial charge in [-0.2, -0.15) is 0 Å². The van der Waals surface area contributed by atoms with Crippen molar-refractivity contribution in [2.24, 2.45) is 0 Å². The standard InChI is InChI=1S/C11H14O3S/c1-2-7-14-8-10-4-3-9(15-10)5-6-11(12)13/h3-6H,2,7-8H2,1H3,(H,12,13). The van der Waals surface area contributed by atoms with Crippen molar-refractivity contribution in [3.05, 3.63) is 28.0 Å². The molecule has 1 aromatic heterocycles. The van der Waals surface area contributed by atoms with E-state index in [1.165, 1.54) is 0 Å². The minimum Gasteiger partial charge on any atom is -0.478 e. The second kappa shape index (κ2) is 6.37. The minimum absolute atomic E-state index is 0.611. The van der Waals surface area contributed by atoms with E-state index in [1.807, 2.05) is 12.1 Å². The maximum Gasteiger partial charge on any atom is 0.328 e. The summed E-state index contributed by atoms with van der Waals surface area (Å²) >= 11 is 1.55. The topological polar surface area (TPSA) is 46.5 Å². The maximum absolute atomic E-state index is 10.3. The lowest BCUT2D eigenvalue weighted by Crippen LogP contribution is -1.90. The molecule has 1 rings (SSSR count). The second-order valence-corrected chi connectivity index (χ2v) is 4.23. The van der Waals surface area contributed by atoms with Crippen LogP contribution in [0, 0.1) is 0 Å². The highest BCUT2D eigenvalue weighted by atomic mass is 32.1. The smallest absolute Gasteiger partial charge is 0.328 e. The van der Waals surface area contributed by atoms with E-state index in [1.54, 1.807) is 17.4 Å². The van der Waals surface area contributed by atoms with Gasteiger partial charge in [0.05, 0.1) is 6.61 Å². The number of hydrogen-bond acceptors (Lipinski definition) is 3. The summed E-state index contributed by atoms with van der Waals surface area (Å²) in [6, 6.07) is 3.86. The molecule has 1 N–H and O–H groups in total. The number of carbonyl (C=O) groups is 1. The first-order valence-corrected chi connectivity index (χ1v) is 5.61. The molecule has 0 spiro atoms. The van der Waals surface area contributed by atoms with Crippen LogP contribution in [0.15, 0.2) is 18.2 Å². The molecular weight excluding hydrogens is 212 g/mol. The fraction of sp³-hybridized carbons (Fsp3) is 0.364. The molecule has 0 amide bonds. The Balaban J connectivity index is 2.45. The summed E-state index contributed by atoms with van der Waals surface area (Å²) in [5.41, 5.74) is 0. The summed E-state index contributed by atoms with van der Waals surface area (Å²) < 4.78 is 5.38. The zero-order valence-corrected chi connectivity index (χ0v) is 9.42. The Morgan fingerprint density at radius 2 is 2.40 bits per heavy atom. The van der Waals surface area contributed by atoms with Gasteiger partial charge in [-0.3, -0.25) is 0 Å².